The third-order valence-electron chi connectivity index (χ3n) is 5.00. The first-order valence-corrected chi connectivity index (χ1v) is 9.33. The van der Waals surface area contributed by atoms with Crippen molar-refractivity contribution in [2.75, 3.05) is 34.3 Å². The van der Waals surface area contributed by atoms with Crippen molar-refractivity contribution in [3.05, 3.63) is 65.0 Å². The topological polar surface area (TPSA) is 83.0 Å². The lowest BCUT2D eigenvalue weighted by Crippen LogP contribution is -2.35. The largest absolute Gasteiger partial charge is 0.507 e. The SMILES string of the molecule is COc1ccc(/C(O)=C2\C(=O)C(=O)N(CCN(C)C)C2c2cccnc2)cc1C. The minimum absolute atomic E-state index is 0.0753. The van der Waals surface area contributed by atoms with Gasteiger partial charge in [-0.2, -0.15) is 0 Å². The van der Waals surface area contributed by atoms with E-state index in [1.54, 1.807) is 49.8 Å². The number of methoxy groups -OCH3 is 1. The van der Waals surface area contributed by atoms with Gasteiger partial charge >= 0.3 is 0 Å². The van der Waals surface area contributed by atoms with Crippen LogP contribution in [0.5, 0.6) is 5.75 Å². The zero-order chi connectivity index (χ0) is 21.1. The van der Waals surface area contributed by atoms with Crippen LogP contribution < -0.4 is 4.74 Å². The fourth-order valence-corrected chi connectivity index (χ4v) is 3.48. The van der Waals surface area contributed by atoms with Gasteiger partial charge in [0.05, 0.1) is 18.7 Å². The maximum absolute atomic E-state index is 12.9. The van der Waals surface area contributed by atoms with Crippen LogP contribution in [0.1, 0.15) is 22.7 Å². The number of hydrogen-bond donors (Lipinski definition) is 1. The summed E-state index contributed by atoms with van der Waals surface area (Å²) in [5.74, 6) is -0.830. The van der Waals surface area contributed by atoms with Gasteiger partial charge in [0, 0.05) is 31.0 Å². The molecule has 0 radical (unpaired) electrons. The van der Waals surface area contributed by atoms with Gasteiger partial charge in [-0.3, -0.25) is 14.6 Å². The Morgan fingerprint density at radius 3 is 2.62 bits per heavy atom. The lowest BCUT2D eigenvalue weighted by molar-refractivity contribution is -0.140. The van der Waals surface area contributed by atoms with E-state index in [4.69, 9.17) is 4.74 Å². The number of carbonyl (C=O) groups excluding carboxylic acids is 2. The molecule has 7 nitrogen and oxygen atoms in total. The fourth-order valence-electron chi connectivity index (χ4n) is 3.48. The highest BCUT2D eigenvalue weighted by Crippen LogP contribution is 2.39. The molecule has 152 valence electrons. The van der Waals surface area contributed by atoms with E-state index in [-0.39, 0.29) is 11.3 Å². The average Bonchev–Trinajstić information content (AvgIpc) is 2.97. The highest BCUT2D eigenvalue weighted by Gasteiger charge is 2.46. The molecule has 1 fully saturated rings. The highest BCUT2D eigenvalue weighted by atomic mass is 16.5. The third kappa shape index (κ3) is 4.00. The van der Waals surface area contributed by atoms with E-state index in [0.717, 1.165) is 5.56 Å². The molecule has 1 aliphatic rings. The number of aliphatic hydroxyl groups is 1. The number of Topliss-reactive ketones (excluding diaryl/α,β-unsaturated/α-hetero) is 1. The van der Waals surface area contributed by atoms with Crippen molar-refractivity contribution in [1.29, 1.82) is 0 Å². The zero-order valence-electron chi connectivity index (χ0n) is 17.0. The van der Waals surface area contributed by atoms with Crippen molar-refractivity contribution in [2.24, 2.45) is 0 Å². The van der Waals surface area contributed by atoms with Crippen LogP contribution in [-0.4, -0.2) is 65.9 Å². The third-order valence-corrected chi connectivity index (χ3v) is 5.00. The summed E-state index contributed by atoms with van der Waals surface area (Å²) >= 11 is 0. The Bertz CT molecular complexity index is 954. The summed E-state index contributed by atoms with van der Waals surface area (Å²) in [5.41, 5.74) is 2.03. The molecular formula is C22H25N3O4. The molecule has 1 saturated heterocycles. The standard InChI is InChI=1S/C22H25N3O4/c1-14-12-15(7-8-17(14)29-4)20(26)18-19(16-6-5-9-23-13-16)25(11-10-24(2)3)22(28)21(18)27/h5-9,12-13,19,26H,10-11H2,1-4H3/b20-18+. The lowest BCUT2D eigenvalue weighted by Gasteiger charge is -2.26. The van der Waals surface area contributed by atoms with Crippen LogP contribution in [0.15, 0.2) is 48.3 Å². The van der Waals surface area contributed by atoms with Gasteiger partial charge in [-0.05, 0) is 56.4 Å². The highest BCUT2D eigenvalue weighted by molar-refractivity contribution is 6.46. The van der Waals surface area contributed by atoms with E-state index in [9.17, 15) is 14.7 Å². The van der Waals surface area contributed by atoms with E-state index in [2.05, 4.69) is 4.98 Å². The first-order chi connectivity index (χ1) is 13.8. The Morgan fingerprint density at radius 2 is 2.03 bits per heavy atom. The molecule has 2 aromatic rings. The van der Waals surface area contributed by atoms with Crippen LogP contribution >= 0.6 is 0 Å². The number of amides is 1. The number of aryl methyl sites for hydroxylation is 1. The number of ketones is 1. The molecule has 2 heterocycles. The number of rotatable bonds is 6. The van der Waals surface area contributed by atoms with Gasteiger partial charge in [0.2, 0.25) is 0 Å². The number of ether oxygens (including phenoxy) is 1. The number of carbonyl (C=O) groups is 2. The van der Waals surface area contributed by atoms with Crippen molar-refractivity contribution in [3.8, 4) is 5.75 Å². The Labute approximate surface area is 170 Å². The molecule has 0 aliphatic carbocycles. The van der Waals surface area contributed by atoms with E-state index >= 15 is 0 Å². The average molecular weight is 395 g/mol. The molecule has 7 heteroatoms. The van der Waals surface area contributed by atoms with Crippen LogP contribution in [-0.2, 0) is 9.59 Å². The molecule has 1 atom stereocenters. The molecular weight excluding hydrogens is 370 g/mol. The van der Waals surface area contributed by atoms with Crippen molar-refractivity contribution in [1.82, 2.24) is 14.8 Å². The molecule has 1 aromatic carbocycles. The number of benzene rings is 1. The van der Waals surface area contributed by atoms with Crippen LogP contribution in [0, 0.1) is 6.92 Å². The van der Waals surface area contributed by atoms with Gasteiger partial charge in [0.1, 0.15) is 11.5 Å². The zero-order valence-corrected chi connectivity index (χ0v) is 17.0. The van der Waals surface area contributed by atoms with Gasteiger partial charge in [0.15, 0.2) is 0 Å². The van der Waals surface area contributed by atoms with Crippen LogP contribution in [0.3, 0.4) is 0 Å². The summed E-state index contributed by atoms with van der Waals surface area (Å²) in [5, 5.41) is 11.0. The van der Waals surface area contributed by atoms with Gasteiger partial charge in [-0.15, -0.1) is 0 Å². The molecule has 0 bridgehead atoms. The summed E-state index contributed by atoms with van der Waals surface area (Å²) in [7, 11) is 5.37. The van der Waals surface area contributed by atoms with Crippen LogP contribution in [0.25, 0.3) is 5.76 Å². The molecule has 0 spiro atoms. The van der Waals surface area contributed by atoms with Gasteiger partial charge < -0.3 is 19.6 Å². The van der Waals surface area contributed by atoms with Crippen molar-refractivity contribution in [2.45, 2.75) is 13.0 Å². The van der Waals surface area contributed by atoms with Gasteiger partial charge in [-0.25, -0.2) is 0 Å². The van der Waals surface area contributed by atoms with E-state index in [0.29, 0.717) is 30.0 Å². The fraction of sp³-hybridized carbons (Fsp3) is 0.318. The van der Waals surface area contributed by atoms with E-state index in [1.807, 2.05) is 25.9 Å². The molecule has 3 rings (SSSR count). The summed E-state index contributed by atoms with van der Waals surface area (Å²) in [6.07, 6.45) is 3.24. The van der Waals surface area contributed by atoms with Crippen molar-refractivity contribution >= 4 is 17.4 Å². The molecule has 29 heavy (non-hydrogen) atoms. The second kappa shape index (κ2) is 8.45. The summed E-state index contributed by atoms with van der Waals surface area (Å²) in [6, 6.07) is 8.01. The van der Waals surface area contributed by atoms with Crippen molar-refractivity contribution < 1.29 is 19.4 Å². The van der Waals surface area contributed by atoms with Gasteiger partial charge in [0.25, 0.3) is 11.7 Å². The second-order valence-corrected chi connectivity index (χ2v) is 7.27. The summed E-state index contributed by atoms with van der Waals surface area (Å²) < 4.78 is 5.27. The molecule has 1 aromatic heterocycles. The first kappa shape index (κ1) is 20.5. The van der Waals surface area contributed by atoms with Crippen LogP contribution in [0.4, 0.5) is 0 Å². The van der Waals surface area contributed by atoms with Gasteiger partial charge in [-0.1, -0.05) is 6.07 Å². The maximum Gasteiger partial charge on any atom is 0.295 e. The normalized spacial score (nSPS) is 18.5. The van der Waals surface area contributed by atoms with Crippen LogP contribution in [0.2, 0.25) is 0 Å². The minimum atomic E-state index is -0.691. The molecule has 1 unspecified atom stereocenters. The molecule has 1 amide bonds. The number of likely N-dealkylation sites (tertiary alicyclic amines) is 1. The second-order valence-electron chi connectivity index (χ2n) is 7.27. The van der Waals surface area contributed by atoms with Crippen molar-refractivity contribution in [3.63, 3.8) is 0 Å². The first-order valence-electron chi connectivity index (χ1n) is 9.33. The number of aromatic nitrogens is 1. The van der Waals surface area contributed by atoms with E-state index in [1.165, 1.54) is 4.90 Å². The predicted molar refractivity (Wildman–Crippen MR) is 110 cm³/mol. The summed E-state index contributed by atoms with van der Waals surface area (Å²) in [4.78, 5) is 33.3. The predicted octanol–water partition coefficient (Wildman–Crippen LogP) is 2.38. The minimum Gasteiger partial charge on any atom is -0.507 e. The smallest absolute Gasteiger partial charge is 0.295 e. The summed E-state index contributed by atoms with van der Waals surface area (Å²) in [6.45, 7) is 2.80. The lowest BCUT2D eigenvalue weighted by atomic mass is 9.95. The Morgan fingerprint density at radius 1 is 1.28 bits per heavy atom. The Balaban J connectivity index is 2.13. The number of nitrogens with zero attached hydrogens (tertiary/aromatic N) is 3. The number of pyridine rings is 1. The maximum atomic E-state index is 12.9. The van der Waals surface area contributed by atoms with E-state index < -0.39 is 17.7 Å². The number of hydrogen-bond acceptors (Lipinski definition) is 6. The quantitative estimate of drug-likeness (QED) is 0.459. The molecule has 1 aliphatic heterocycles. The molecule has 0 saturated carbocycles. The number of aliphatic hydroxyl groups excluding tert-OH is 1. The Hall–Kier alpha value is -3.19. The monoisotopic (exact) mass is 395 g/mol. The Kier molecular flexibility index (Phi) is 5.98. The molecule has 1 N–H and O–H groups in total. The number of likely N-dealkylation sites (N-methyl/N-ethyl adjacent to an activating group) is 1.